The highest BCUT2D eigenvalue weighted by Crippen LogP contribution is 2.25. The number of anilines is 1. The minimum absolute atomic E-state index is 0.228. The Hall–Kier alpha value is -1.84. The lowest BCUT2D eigenvalue weighted by Crippen LogP contribution is -2.08. The lowest BCUT2D eigenvalue weighted by Gasteiger charge is -2.06. The summed E-state index contributed by atoms with van der Waals surface area (Å²) in [6, 6.07) is 6.41. The molecule has 2 N–H and O–H groups in total. The topological polar surface area (TPSA) is 40.7 Å². The van der Waals surface area contributed by atoms with Gasteiger partial charge in [0.25, 0.3) is 0 Å². The van der Waals surface area contributed by atoms with E-state index in [0.29, 0.717) is 5.92 Å². The van der Waals surface area contributed by atoms with Gasteiger partial charge in [0.2, 0.25) is 0 Å². The molecule has 0 unspecified atom stereocenters. The lowest BCUT2D eigenvalue weighted by atomic mass is 10.1. The van der Waals surface area contributed by atoms with Crippen LogP contribution in [0.15, 0.2) is 24.3 Å². The molecule has 2 aromatic rings. The van der Waals surface area contributed by atoms with Crippen LogP contribution in [-0.2, 0) is 0 Å². The first kappa shape index (κ1) is 12.6. The van der Waals surface area contributed by atoms with E-state index in [1.54, 1.807) is 12.1 Å². The van der Waals surface area contributed by atoms with Crippen LogP contribution in [0.3, 0.4) is 0 Å². The van der Waals surface area contributed by atoms with Crippen molar-refractivity contribution in [1.82, 2.24) is 10.2 Å². The van der Waals surface area contributed by atoms with Gasteiger partial charge in [-0.25, -0.2) is 4.39 Å². The summed E-state index contributed by atoms with van der Waals surface area (Å²) in [5, 5.41) is 10.6. The van der Waals surface area contributed by atoms with Crippen LogP contribution < -0.4 is 5.32 Å². The van der Waals surface area contributed by atoms with Crippen molar-refractivity contribution in [3.05, 3.63) is 35.6 Å². The van der Waals surface area contributed by atoms with Crippen molar-refractivity contribution >= 4 is 5.82 Å². The second-order valence-electron chi connectivity index (χ2n) is 4.85. The van der Waals surface area contributed by atoms with Gasteiger partial charge in [-0.05, 0) is 37.1 Å². The molecule has 0 aliphatic carbocycles. The van der Waals surface area contributed by atoms with Crippen LogP contribution in [0, 0.1) is 18.7 Å². The summed E-state index contributed by atoms with van der Waals surface area (Å²) in [7, 11) is 0. The number of H-pyrrole nitrogens is 1. The molecule has 0 aliphatic rings. The summed E-state index contributed by atoms with van der Waals surface area (Å²) in [5.41, 5.74) is 2.93. The first-order chi connectivity index (χ1) is 8.58. The molecule has 1 aromatic carbocycles. The fraction of sp³-hybridized carbons (Fsp3) is 0.357. The van der Waals surface area contributed by atoms with E-state index in [1.807, 2.05) is 6.92 Å². The van der Waals surface area contributed by atoms with Gasteiger partial charge >= 0.3 is 0 Å². The van der Waals surface area contributed by atoms with Crippen LogP contribution >= 0.6 is 0 Å². The molecule has 0 bridgehead atoms. The second-order valence-corrected chi connectivity index (χ2v) is 4.85. The maximum absolute atomic E-state index is 12.9. The summed E-state index contributed by atoms with van der Waals surface area (Å²) in [6.07, 6.45) is 0. The highest BCUT2D eigenvalue weighted by atomic mass is 19.1. The van der Waals surface area contributed by atoms with Crippen molar-refractivity contribution in [3.63, 3.8) is 0 Å². The molecule has 0 spiro atoms. The van der Waals surface area contributed by atoms with Gasteiger partial charge in [0.05, 0.1) is 5.69 Å². The van der Waals surface area contributed by atoms with Gasteiger partial charge in [-0.15, -0.1) is 0 Å². The van der Waals surface area contributed by atoms with Crippen molar-refractivity contribution in [1.29, 1.82) is 0 Å². The third kappa shape index (κ3) is 2.70. The fourth-order valence-electron chi connectivity index (χ4n) is 1.77. The Bertz CT molecular complexity index is 514. The van der Waals surface area contributed by atoms with E-state index in [-0.39, 0.29) is 5.82 Å². The van der Waals surface area contributed by atoms with E-state index in [4.69, 9.17) is 0 Å². The number of rotatable bonds is 4. The van der Waals surface area contributed by atoms with Crippen molar-refractivity contribution in [2.24, 2.45) is 5.92 Å². The summed E-state index contributed by atoms with van der Waals surface area (Å²) >= 11 is 0. The molecule has 0 saturated heterocycles. The highest BCUT2D eigenvalue weighted by Gasteiger charge is 2.10. The number of hydrogen-bond donors (Lipinski definition) is 2. The molecular formula is C14H18FN3. The van der Waals surface area contributed by atoms with Gasteiger partial charge in [-0.3, -0.25) is 5.10 Å². The summed E-state index contributed by atoms with van der Waals surface area (Å²) in [5.74, 6) is 1.20. The normalized spacial score (nSPS) is 10.9. The minimum Gasteiger partial charge on any atom is -0.368 e. The zero-order valence-corrected chi connectivity index (χ0v) is 10.9. The number of halogens is 1. The maximum atomic E-state index is 12.9. The minimum atomic E-state index is -0.228. The Morgan fingerprint density at radius 3 is 2.56 bits per heavy atom. The smallest absolute Gasteiger partial charge is 0.151 e. The van der Waals surface area contributed by atoms with Crippen LogP contribution in [0.4, 0.5) is 10.2 Å². The quantitative estimate of drug-likeness (QED) is 0.866. The maximum Gasteiger partial charge on any atom is 0.151 e. The van der Waals surface area contributed by atoms with E-state index in [1.165, 1.54) is 12.1 Å². The average molecular weight is 247 g/mol. The third-order valence-corrected chi connectivity index (χ3v) is 2.82. The molecule has 0 amide bonds. The monoisotopic (exact) mass is 247 g/mol. The van der Waals surface area contributed by atoms with Crippen LogP contribution in [0.25, 0.3) is 11.3 Å². The van der Waals surface area contributed by atoms with Gasteiger partial charge in [-0.1, -0.05) is 13.8 Å². The van der Waals surface area contributed by atoms with Crippen LogP contribution in [0.1, 0.15) is 19.4 Å². The Labute approximate surface area is 106 Å². The molecule has 0 fully saturated rings. The molecule has 4 heteroatoms. The summed E-state index contributed by atoms with van der Waals surface area (Å²) < 4.78 is 12.9. The predicted molar refractivity (Wildman–Crippen MR) is 72.0 cm³/mol. The van der Waals surface area contributed by atoms with Crippen LogP contribution in [-0.4, -0.2) is 16.7 Å². The predicted octanol–water partition coefficient (Wildman–Crippen LogP) is 3.59. The lowest BCUT2D eigenvalue weighted by molar-refractivity contribution is 0.628. The van der Waals surface area contributed by atoms with Crippen LogP contribution in [0.5, 0.6) is 0 Å². The number of hydrogen-bond acceptors (Lipinski definition) is 2. The van der Waals surface area contributed by atoms with Gasteiger partial charge in [0.1, 0.15) is 5.82 Å². The van der Waals surface area contributed by atoms with E-state index < -0.39 is 0 Å². The number of nitrogens with zero attached hydrogens (tertiary/aromatic N) is 1. The molecule has 1 heterocycles. The number of aromatic nitrogens is 2. The Morgan fingerprint density at radius 2 is 1.94 bits per heavy atom. The number of aromatic amines is 1. The van der Waals surface area contributed by atoms with Crippen molar-refractivity contribution < 1.29 is 4.39 Å². The van der Waals surface area contributed by atoms with Gasteiger partial charge < -0.3 is 5.32 Å². The van der Waals surface area contributed by atoms with Gasteiger partial charge in [0.15, 0.2) is 5.82 Å². The average Bonchev–Trinajstić information content (AvgIpc) is 2.69. The first-order valence-corrected chi connectivity index (χ1v) is 6.12. The zero-order valence-electron chi connectivity index (χ0n) is 10.9. The molecule has 3 nitrogen and oxygen atoms in total. The summed E-state index contributed by atoms with van der Waals surface area (Å²) in [4.78, 5) is 0. The number of benzene rings is 1. The van der Waals surface area contributed by atoms with E-state index in [9.17, 15) is 4.39 Å². The molecule has 2 rings (SSSR count). The Morgan fingerprint density at radius 1 is 1.28 bits per heavy atom. The molecule has 0 radical (unpaired) electrons. The van der Waals surface area contributed by atoms with E-state index >= 15 is 0 Å². The standard InChI is InChI=1S/C14H18FN3/c1-9(2)8-16-14-10(3)13(17-18-14)11-4-6-12(15)7-5-11/h4-7,9H,8H2,1-3H3,(H2,16,17,18). The molecular weight excluding hydrogens is 229 g/mol. The SMILES string of the molecule is Cc1c(NCC(C)C)n[nH]c1-c1ccc(F)cc1. The highest BCUT2D eigenvalue weighted by molar-refractivity contribution is 5.68. The van der Waals surface area contributed by atoms with E-state index in [2.05, 4.69) is 29.4 Å². The van der Waals surface area contributed by atoms with E-state index in [0.717, 1.165) is 29.2 Å². The molecule has 96 valence electrons. The van der Waals surface area contributed by atoms with Crippen molar-refractivity contribution in [2.45, 2.75) is 20.8 Å². The molecule has 0 atom stereocenters. The molecule has 18 heavy (non-hydrogen) atoms. The molecule has 0 saturated carbocycles. The fourth-order valence-corrected chi connectivity index (χ4v) is 1.77. The third-order valence-electron chi connectivity index (χ3n) is 2.82. The van der Waals surface area contributed by atoms with Gasteiger partial charge in [-0.2, -0.15) is 5.10 Å². The second kappa shape index (κ2) is 5.21. The van der Waals surface area contributed by atoms with Crippen LogP contribution in [0.2, 0.25) is 0 Å². The Kier molecular flexibility index (Phi) is 3.65. The van der Waals surface area contributed by atoms with Gasteiger partial charge in [0, 0.05) is 17.7 Å². The zero-order chi connectivity index (χ0) is 13.1. The molecule has 0 aliphatic heterocycles. The molecule has 1 aromatic heterocycles. The Balaban J connectivity index is 2.22. The largest absolute Gasteiger partial charge is 0.368 e. The summed E-state index contributed by atoms with van der Waals surface area (Å²) in [6.45, 7) is 7.19. The van der Waals surface area contributed by atoms with Crippen molar-refractivity contribution in [2.75, 3.05) is 11.9 Å². The first-order valence-electron chi connectivity index (χ1n) is 6.12. The number of nitrogens with one attached hydrogen (secondary N) is 2. The van der Waals surface area contributed by atoms with Crippen molar-refractivity contribution in [3.8, 4) is 11.3 Å².